The van der Waals surface area contributed by atoms with Crippen LogP contribution in [0.15, 0.2) is 0 Å². The lowest BCUT2D eigenvalue weighted by molar-refractivity contribution is -0.154. The molecule has 0 aromatic carbocycles. The van der Waals surface area contributed by atoms with Gasteiger partial charge in [-0.3, -0.25) is 0 Å². The van der Waals surface area contributed by atoms with Gasteiger partial charge in [-0.15, -0.1) is 0 Å². The molecule has 0 heterocycles. The van der Waals surface area contributed by atoms with Gasteiger partial charge >= 0.3 is 0 Å². The van der Waals surface area contributed by atoms with Crippen molar-refractivity contribution < 1.29 is 58.7 Å². The van der Waals surface area contributed by atoms with E-state index < -0.39 is 52.3 Å². The zero-order valence-electron chi connectivity index (χ0n) is 14.6. The second-order valence-corrected chi connectivity index (χ2v) is 4.83. The number of ether oxygens (including phenoxy) is 7. The van der Waals surface area contributed by atoms with Crippen molar-refractivity contribution >= 4 is 0 Å². The van der Waals surface area contributed by atoms with E-state index >= 15 is 0 Å². The highest BCUT2D eigenvalue weighted by atomic mass is 16.7. The first-order chi connectivity index (χ1) is 12.7. The Balaban J connectivity index is 4.12. The van der Waals surface area contributed by atoms with Crippen LogP contribution in [0.4, 0.5) is 0 Å². The first kappa shape index (κ1) is 25.5. The third-order valence-electron chi connectivity index (χ3n) is 2.94. The van der Waals surface area contributed by atoms with Crippen LogP contribution < -0.4 is 0 Å². The highest BCUT2D eigenvalue weighted by Gasteiger charge is 2.16. The Bertz CT molecular complexity index is 259. The molecule has 0 aliphatic rings. The molecule has 0 rings (SSSR count). The van der Waals surface area contributed by atoms with Crippen molar-refractivity contribution in [2.45, 2.75) is 18.3 Å². The molecule has 12 heteroatoms. The normalized spacial score (nSPS) is 15.1. The molecular weight excluding hydrogens is 360 g/mol. The van der Waals surface area contributed by atoms with Crippen molar-refractivity contribution in [1.29, 1.82) is 0 Å². The lowest BCUT2D eigenvalue weighted by Crippen LogP contribution is -2.33. The number of hydrogen-bond acceptors (Lipinski definition) is 12. The third kappa shape index (κ3) is 14.7. The van der Waals surface area contributed by atoms with E-state index in [1.165, 1.54) is 0 Å². The molecule has 0 radical (unpaired) electrons. The highest BCUT2D eigenvalue weighted by Crippen LogP contribution is 2.01. The van der Waals surface area contributed by atoms with Crippen molar-refractivity contribution in [3.05, 3.63) is 0 Å². The quantitative estimate of drug-likeness (QED) is 0.134. The van der Waals surface area contributed by atoms with Crippen molar-refractivity contribution in [3.8, 4) is 0 Å². The zero-order chi connectivity index (χ0) is 19.5. The molecule has 5 N–H and O–H groups in total. The summed E-state index contributed by atoms with van der Waals surface area (Å²) in [5, 5.41) is 43.7. The van der Waals surface area contributed by atoms with Crippen molar-refractivity contribution in [3.63, 3.8) is 0 Å². The molecule has 0 aromatic heterocycles. The van der Waals surface area contributed by atoms with Gasteiger partial charge in [-0.1, -0.05) is 0 Å². The molecule has 0 aliphatic carbocycles. The molecule has 0 aromatic rings. The van der Waals surface area contributed by atoms with E-state index in [0.717, 1.165) is 0 Å². The Hall–Kier alpha value is -0.480. The van der Waals surface area contributed by atoms with Crippen molar-refractivity contribution in [2.24, 2.45) is 0 Å². The van der Waals surface area contributed by atoms with Gasteiger partial charge in [-0.05, 0) is 0 Å². The summed E-state index contributed by atoms with van der Waals surface area (Å²) in [5.74, 6) is 0. The molecule has 0 fully saturated rings. The second kappa shape index (κ2) is 19.3. The van der Waals surface area contributed by atoms with Gasteiger partial charge in [0.05, 0.1) is 39.6 Å². The standard InChI is InChI=1S/C14H30O12/c15-7-22-5-13(25-10-18)3-20-1-12(24-9-17)2-21-4-14(26-11-19)6-23-8-16/h12-19H,1-11H2. The molecular formula is C14H30O12. The van der Waals surface area contributed by atoms with Crippen LogP contribution >= 0.6 is 0 Å². The third-order valence-corrected chi connectivity index (χ3v) is 2.94. The van der Waals surface area contributed by atoms with Crippen LogP contribution in [0.2, 0.25) is 0 Å². The minimum atomic E-state index is -0.595. The molecule has 158 valence electrons. The van der Waals surface area contributed by atoms with E-state index in [4.69, 9.17) is 58.7 Å². The summed E-state index contributed by atoms with van der Waals surface area (Å²) in [6.07, 6.45) is -1.76. The molecule has 0 aliphatic heterocycles. The van der Waals surface area contributed by atoms with Gasteiger partial charge in [0.15, 0.2) is 0 Å². The average Bonchev–Trinajstić information content (AvgIpc) is 2.64. The second-order valence-electron chi connectivity index (χ2n) is 4.83. The molecule has 0 saturated heterocycles. The van der Waals surface area contributed by atoms with E-state index in [1.54, 1.807) is 0 Å². The fourth-order valence-corrected chi connectivity index (χ4v) is 1.78. The van der Waals surface area contributed by atoms with E-state index in [9.17, 15) is 0 Å². The van der Waals surface area contributed by atoms with Crippen LogP contribution in [-0.2, 0) is 33.2 Å². The summed E-state index contributed by atoms with van der Waals surface area (Å²) >= 11 is 0. The molecule has 0 bridgehead atoms. The predicted molar refractivity (Wildman–Crippen MR) is 83.6 cm³/mol. The largest absolute Gasteiger partial charge is 0.376 e. The van der Waals surface area contributed by atoms with E-state index in [1.807, 2.05) is 0 Å². The van der Waals surface area contributed by atoms with Crippen molar-refractivity contribution in [1.82, 2.24) is 0 Å². The van der Waals surface area contributed by atoms with Crippen LogP contribution in [0, 0.1) is 0 Å². The molecule has 0 amide bonds. The topological polar surface area (TPSA) is 166 Å². The Morgan fingerprint density at radius 3 is 0.885 bits per heavy atom. The summed E-state index contributed by atoms with van der Waals surface area (Å²) in [6.45, 7) is -2.24. The SMILES string of the molecule is OCOCC(COCC(COCC(COCO)OCO)OCO)OCO. The molecule has 26 heavy (non-hydrogen) atoms. The van der Waals surface area contributed by atoms with Crippen LogP contribution in [0.5, 0.6) is 0 Å². The number of aliphatic hydroxyl groups excluding tert-OH is 5. The number of rotatable bonds is 20. The first-order valence-electron chi connectivity index (χ1n) is 7.91. The minimum Gasteiger partial charge on any atom is -0.376 e. The molecule has 0 saturated carbocycles. The lowest BCUT2D eigenvalue weighted by atomic mass is 10.3. The van der Waals surface area contributed by atoms with E-state index in [2.05, 4.69) is 0 Å². The van der Waals surface area contributed by atoms with Gasteiger partial charge in [0, 0.05) is 0 Å². The average molecular weight is 390 g/mol. The van der Waals surface area contributed by atoms with E-state index in [0.29, 0.717) is 0 Å². The Kier molecular flexibility index (Phi) is 18.9. The molecule has 2 unspecified atom stereocenters. The van der Waals surface area contributed by atoms with E-state index in [-0.39, 0.29) is 39.6 Å². The Labute approximate surface area is 151 Å². The Morgan fingerprint density at radius 2 is 0.654 bits per heavy atom. The summed E-state index contributed by atoms with van der Waals surface area (Å²) in [5.41, 5.74) is 0. The fourth-order valence-electron chi connectivity index (χ4n) is 1.78. The number of hydrogen-bond donors (Lipinski definition) is 5. The fraction of sp³-hybridized carbons (Fsp3) is 1.00. The number of aliphatic hydroxyl groups is 5. The van der Waals surface area contributed by atoms with Gasteiger partial charge in [0.1, 0.15) is 52.3 Å². The van der Waals surface area contributed by atoms with Crippen molar-refractivity contribution in [2.75, 3.05) is 73.6 Å². The highest BCUT2D eigenvalue weighted by molar-refractivity contribution is 4.60. The Morgan fingerprint density at radius 1 is 0.385 bits per heavy atom. The first-order valence-corrected chi connectivity index (χ1v) is 7.91. The van der Waals surface area contributed by atoms with Gasteiger partial charge < -0.3 is 58.7 Å². The monoisotopic (exact) mass is 390 g/mol. The molecule has 0 spiro atoms. The molecule has 12 nitrogen and oxygen atoms in total. The maximum atomic E-state index is 8.91. The van der Waals surface area contributed by atoms with Crippen LogP contribution in [0.1, 0.15) is 0 Å². The predicted octanol–water partition coefficient (Wildman–Crippen LogP) is -3.04. The van der Waals surface area contributed by atoms with Gasteiger partial charge in [0.2, 0.25) is 0 Å². The van der Waals surface area contributed by atoms with Gasteiger partial charge in [0.25, 0.3) is 0 Å². The smallest absolute Gasteiger partial charge is 0.144 e. The summed E-state index contributed by atoms with van der Waals surface area (Å²) < 4.78 is 35.3. The lowest BCUT2D eigenvalue weighted by Gasteiger charge is -2.21. The van der Waals surface area contributed by atoms with Gasteiger partial charge in [-0.25, -0.2) is 0 Å². The van der Waals surface area contributed by atoms with Crippen LogP contribution in [0.25, 0.3) is 0 Å². The van der Waals surface area contributed by atoms with Crippen LogP contribution in [-0.4, -0.2) is 117 Å². The maximum Gasteiger partial charge on any atom is 0.144 e. The summed E-state index contributed by atoms with van der Waals surface area (Å²) in [4.78, 5) is 0. The molecule has 2 atom stereocenters. The zero-order valence-corrected chi connectivity index (χ0v) is 14.6. The van der Waals surface area contributed by atoms with Gasteiger partial charge in [-0.2, -0.15) is 0 Å². The maximum absolute atomic E-state index is 8.91. The minimum absolute atomic E-state index is 0.0319. The van der Waals surface area contributed by atoms with Crippen LogP contribution in [0.3, 0.4) is 0 Å². The summed E-state index contributed by atoms with van der Waals surface area (Å²) in [6, 6.07) is 0. The summed E-state index contributed by atoms with van der Waals surface area (Å²) in [7, 11) is 0.